The second-order valence-electron chi connectivity index (χ2n) is 8.90. The molecule has 2 atom stereocenters. The standard InChI is InChI=1S/C25H27F3O4S/c1-15-14-16(5-11-20(15)32-24(2,3)23(30)31)4-10-19(29)22-13-12-21(33-22)17-6-8-18(9-7-17)25(26,27)28/h5-6,8-9,11-13,15,17H,4,7,10,14H2,1-3H3,(H,30,31). The van der Waals surface area contributed by atoms with Crippen molar-refractivity contribution in [3.8, 4) is 0 Å². The zero-order valence-corrected chi connectivity index (χ0v) is 19.6. The topological polar surface area (TPSA) is 63.6 Å². The first-order valence-corrected chi connectivity index (χ1v) is 11.6. The van der Waals surface area contributed by atoms with Crippen LogP contribution < -0.4 is 0 Å². The van der Waals surface area contributed by atoms with E-state index < -0.39 is 23.3 Å². The van der Waals surface area contributed by atoms with Crippen LogP contribution in [0.25, 0.3) is 0 Å². The minimum atomic E-state index is -4.34. The van der Waals surface area contributed by atoms with Gasteiger partial charge >= 0.3 is 12.1 Å². The lowest BCUT2D eigenvalue weighted by atomic mass is 9.90. The summed E-state index contributed by atoms with van der Waals surface area (Å²) in [6.45, 7) is 4.97. The number of carboxylic acid groups (broad SMARTS) is 1. The number of carbonyl (C=O) groups excluding carboxylic acids is 1. The zero-order chi connectivity index (χ0) is 24.4. The minimum Gasteiger partial charge on any atom is -0.480 e. The SMILES string of the molecule is CC1CC(CCC(=O)c2ccc(C3C=CC(C(F)(F)F)=CC3)s2)=CC=C1OC(C)(C)C(=O)O. The van der Waals surface area contributed by atoms with E-state index in [1.54, 1.807) is 18.2 Å². The molecule has 0 aliphatic heterocycles. The molecule has 0 fully saturated rings. The molecule has 1 aromatic heterocycles. The second kappa shape index (κ2) is 9.71. The van der Waals surface area contributed by atoms with E-state index in [0.717, 1.165) is 16.5 Å². The Bertz CT molecular complexity index is 1040. The summed E-state index contributed by atoms with van der Waals surface area (Å²) in [5.74, 6) is -0.553. The fraction of sp³-hybridized carbons (Fsp3) is 0.440. The molecule has 8 heteroatoms. The van der Waals surface area contributed by atoms with Gasteiger partial charge in [-0.1, -0.05) is 36.8 Å². The normalized spacial score (nSPS) is 21.2. The summed E-state index contributed by atoms with van der Waals surface area (Å²) in [6, 6.07) is 3.56. The van der Waals surface area contributed by atoms with E-state index >= 15 is 0 Å². The molecular weight excluding hydrogens is 453 g/mol. The molecule has 2 aliphatic rings. The molecule has 178 valence electrons. The highest BCUT2D eigenvalue weighted by Crippen LogP contribution is 2.37. The average Bonchev–Trinajstić information content (AvgIpc) is 3.23. The Morgan fingerprint density at radius 1 is 1.21 bits per heavy atom. The molecule has 2 aliphatic carbocycles. The first-order valence-electron chi connectivity index (χ1n) is 10.8. The summed E-state index contributed by atoms with van der Waals surface area (Å²) in [6.07, 6.45) is 5.06. The fourth-order valence-corrected chi connectivity index (χ4v) is 4.79. The van der Waals surface area contributed by atoms with Gasteiger partial charge in [0.1, 0.15) is 5.76 Å². The molecule has 1 N–H and O–H groups in total. The van der Waals surface area contributed by atoms with Crippen LogP contribution in [0.1, 0.15) is 66.9 Å². The highest BCUT2D eigenvalue weighted by molar-refractivity contribution is 7.14. The lowest BCUT2D eigenvalue weighted by Crippen LogP contribution is -2.35. The summed E-state index contributed by atoms with van der Waals surface area (Å²) in [5, 5.41) is 9.24. The van der Waals surface area contributed by atoms with Crippen LogP contribution in [-0.2, 0) is 9.53 Å². The number of aliphatic carboxylic acids is 1. The van der Waals surface area contributed by atoms with Gasteiger partial charge in [0.2, 0.25) is 0 Å². The van der Waals surface area contributed by atoms with Crippen LogP contribution >= 0.6 is 11.3 Å². The molecule has 3 rings (SSSR count). The van der Waals surface area contributed by atoms with E-state index in [2.05, 4.69) is 0 Å². The molecule has 1 heterocycles. The molecule has 33 heavy (non-hydrogen) atoms. The number of carbonyl (C=O) groups is 2. The number of Topliss-reactive ketones (excluding diaryl/α,β-unsaturated/α-hetero) is 1. The van der Waals surface area contributed by atoms with Crippen molar-refractivity contribution >= 4 is 23.1 Å². The number of ether oxygens (including phenoxy) is 1. The Morgan fingerprint density at radius 2 is 1.94 bits per heavy atom. The van der Waals surface area contributed by atoms with Gasteiger partial charge in [0.25, 0.3) is 0 Å². The second-order valence-corrected chi connectivity index (χ2v) is 10.0. The summed E-state index contributed by atoms with van der Waals surface area (Å²) < 4.78 is 44.0. The van der Waals surface area contributed by atoms with E-state index in [4.69, 9.17) is 4.74 Å². The van der Waals surface area contributed by atoms with Gasteiger partial charge in [-0.15, -0.1) is 11.3 Å². The highest BCUT2D eigenvalue weighted by atomic mass is 32.1. The van der Waals surface area contributed by atoms with Gasteiger partial charge < -0.3 is 9.84 Å². The van der Waals surface area contributed by atoms with E-state index in [1.165, 1.54) is 31.3 Å². The van der Waals surface area contributed by atoms with Crippen molar-refractivity contribution in [3.63, 3.8) is 0 Å². The Morgan fingerprint density at radius 3 is 2.52 bits per heavy atom. The smallest absolute Gasteiger partial charge is 0.416 e. The van der Waals surface area contributed by atoms with Crippen molar-refractivity contribution in [2.75, 3.05) is 0 Å². The molecule has 1 aromatic rings. The summed E-state index contributed by atoms with van der Waals surface area (Å²) in [4.78, 5) is 25.4. The number of ketones is 1. The Labute approximate surface area is 195 Å². The highest BCUT2D eigenvalue weighted by Gasteiger charge is 2.34. The maximum atomic E-state index is 12.8. The lowest BCUT2D eigenvalue weighted by Gasteiger charge is -2.29. The molecule has 0 aromatic carbocycles. The molecular formula is C25H27F3O4S. The number of carboxylic acids is 1. The number of halogens is 3. The molecule has 2 unspecified atom stereocenters. The van der Waals surface area contributed by atoms with Gasteiger partial charge in [-0.2, -0.15) is 13.2 Å². The molecule has 0 radical (unpaired) electrons. The summed E-state index contributed by atoms with van der Waals surface area (Å²) >= 11 is 1.33. The van der Waals surface area contributed by atoms with E-state index in [1.807, 2.05) is 19.1 Å². The van der Waals surface area contributed by atoms with Crippen LogP contribution in [0, 0.1) is 5.92 Å². The van der Waals surface area contributed by atoms with Crippen molar-refractivity contribution in [3.05, 3.63) is 69.2 Å². The van der Waals surface area contributed by atoms with Crippen LogP contribution in [0.4, 0.5) is 13.2 Å². The maximum Gasteiger partial charge on any atom is 0.416 e. The predicted octanol–water partition coefficient (Wildman–Crippen LogP) is 6.97. The summed E-state index contributed by atoms with van der Waals surface area (Å²) in [7, 11) is 0. The van der Waals surface area contributed by atoms with Gasteiger partial charge in [0.05, 0.1) is 10.5 Å². The zero-order valence-electron chi connectivity index (χ0n) is 18.7. The van der Waals surface area contributed by atoms with Gasteiger partial charge in [0, 0.05) is 23.1 Å². The van der Waals surface area contributed by atoms with Gasteiger partial charge in [-0.25, -0.2) is 4.79 Å². The number of alkyl halides is 3. The van der Waals surface area contributed by atoms with Gasteiger partial charge in [-0.3, -0.25) is 4.79 Å². The number of thiophene rings is 1. The van der Waals surface area contributed by atoms with Crippen molar-refractivity contribution in [1.29, 1.82) is 0 Å². The first-order chi connectivity index (χ1) is 15.4. The van der Waals surface area contributed by atoms with Gasteiger partial charge in [0.15, 0.2) is 11.4 Å². The number of hydrogen-bond acceptors (Lipinski definition) is 4. The molecule has 0 amide bonds. The van der Waals surface area contributed by atoms with Crippen LogP contribution in [0.2, 0.25) is 0 Å². The quantitative estimate of drug-likeness (QED) is 0.408. The van der Waals surface area contributed by atoms with Crippen LogP contribution in [-0.4, -0.2) is 28.6 Å². The fourth-order valence-electron chi connectivity index (χ4n) is 3.73. The summed E-state index contributed by atoms with van der Waals surface area (Å²) in [5.41, 5.74) is -0.848. The van der Waals surface area contributed by atoms with E-state index in [-0.39, 0.29) is 24.0 Å². The average molecular weight is 481 g/mol. The van der Waals surface area contributed by atoms with Crippen molar-refractivity contribution in [2.24, 2.45) is 5.92 Å². The largest absolute Gasteiger partial charge is 0.480 e. The number of hydrogen-bond donors (Lipinski definition) is 1. The van der Waals surface area contributed by atoms with Crippen molar-refractivity contribution in [2.45, 2.75) is 64.1 Å². The van der Waals surface area contributed by atoms with Crippen LogP contribution in [0.5, 0.6) is 0 Å². The monoisotopic (exact) mass is 480 g/mol. The molecule has 0 bridgehead atoms. The Balaban J connectivity index is 1.56. The van der Waals surface area contributed by atoms with E-state index in [0.29, 0.717) is 29.9 Å². The van der Waals surface area contributed by atoms with Crippen molar-refractivity contribution in [1.82, 2.24) is 0 Å². The lowest BCUT2D eigenvalue weighted by molar-refractivity contribution is -0.157. The molecule has 0 saturated carbocycles. The Hall–Kier alpha value is -2.61. The molecule has 4 nitrogen and oxygen atoms in total. The van der Waals surface area contributed by atoms with E-state index in [9.17, 15) is 27.9 Å². The first kappa shape index (κ1) is 25.0. The van der Waals surface area contributed by atoms with Crippen LogP contribution in [0.3, 0.4) is 0 Å². The van der Waals surface area contributed by atoms with Crippen molar-refractivity contribution < 1.29 is 32.6 Å². The third-order valence-electron chi connectivity index (χ3n) is 5.79. The minimum absolute atomic E-state index is 0.00384. The predicted molar refractivity (Wildman–Crippen MR) is 121 cm³/mol. The Kier molecular flexibility index (Phi) is 7.36. The number of rotatable bonds is 8. The molecule has 0 saturated heterocycles. The molecule has 0 spiro atoms. The maximum absolute atomic E-state index is 12.8. The van der Waals surface area contributed by atoms with Crippen LogP contribution in [0.15, 0.2) is 59.4 Å². The third kappa shape index (κ3) is 6.25. The third-order valence-corrected chi connectivity index (χ3v) is 7.05. The van der Waals surface area contributed by atoms with Gasteiger partial charge in [-0.05, 0) is 51.3 Å². The number of allylic oxidation sites excluding steroid dienone is 8.